The predicted octanol–water partition coefficient (Wildman–Crippen LogP) is 5.13. The Morgan fingerprint density at radius 3 is 2.30 bits per heavy atom. The lowest BCUT2D eigenvalue weighted by molar-refractivity contribution is -0.157. The lowest BCUT2D eigenvalue weighted by atomic mass is 10.0. The first kappa shape index (κ1) is 39.9. The number of alkyl carbamates (subject to hydrolysis) is 1. The molecule has 0 saturated carbocycles. The number of carbonyl (C=O) groups is 5. The number of hydrogen-bond acceptors (Lipinski definition) is 10. The summed E-state index contributed by atoms with van der Waals surface area (Å²) in [6.07, 6.45) is 5.06. The molecule has 1 aliphatic heterocycles. The van der Waals surface area contributed by atoms with E-state index >= 15 is 0 Å². The lowest BCUT2D eigenvalue weighted by Crippen LogP contribution is -2.61. The average Bonchev–Trinajstić information content (AvgIpc) is 3.01. The number of rotatable bonds is 11. The second kappa shape index (κ2) is 16.9. The zero-order chi connectivity index (χ0) is 37.4. The highest BCUT2D eigenvalue weighted by molar-refractivity contribution is 5.91. The van der Waals surface area contributed by atoms with Crippen molar-refractivity contribution in [2.75, 3.05) is 6.54 Å². The van der Waals surface area contributed by atoms with Crippen LogP contribution >= 0.6 is 0 Å². The smallest absolute Gasteiger partial charge is 0.408 e. The number of nitrogens with one attached hydrogen (secondary N) is 3. The molecule has 13 nitrogen and oxygen atoms in total. The van der Waals surface area contributed by atoms with Crippen LogP contribution < -0.4 is 16.1 Å². The van der Waals surface area contributed by atoms with Gasteiger partial charge in [0, 0.05) is 23.7 Å². The summed E-state index contributed by atoms with van der Waals surface area (Å²) in [6.45, 7) is 17.8. The Morgan fingerprint density at radius 1 is 0.980 bits per heavy atom. The van der Waals surface area contributed by atoms with E-state index in [1.807, 2.05) is 51.1 Å². The highest BCUT2D eigenvalue weighted by Gasteiger charge is 2.34. The van der Waals surface area contributed by atoms with Crippen LogP contribution in [-0.4, -0.2) is 75.7 Å². The molecule has 50 heavy (non-hydrogen) atoms. The Hall–Kier alpha value is -4.52. The van der Waals surface area contributed by atoms with Gasteiger partial charge in [0.05, 0.1) is 11.9 Å². The van der Waals surface area contributed by atoms with Gasteiger partial charge in [-0.15, -0.1) is 0 Å². The Kier molecular flexibility index (Phi) is 13.5. The largest absolute Gasteiger partial charge is 0.460 e. The Bertz CT molecular complexity index is 1580. The molecule has 1 unspecified atom stereocenters. The maximum atomic E-state index is 13.3. The van der Waals surface area contributed by atoms with E-state index < -0.39 is 59.3 Å². The van der Waals surface area contributed by atoms with Crippen molar-refractivity contribution in [2.24, 2.45) is 5.92 Å². The lowest BCUT2D eigenvalue weighted by Gasteiger charge is -2.35. The molecule has 2 heterocycles. The molecule has 0 bridgehead atoms. The maximum absolute atomic E-state index is 13.3. The van der Waals surface area contributed by atoms with Crippen molar-refractivity contribution in [1.29, 1.82) is 0 Å². The van der Waals surface area contributed by atoms with Crippen LogP contribution in [0.5, 0.6) is 0 Å². The number of hydrazine groups is 1. The molecule has 2 aromatic rings. The van der Waals surface area contributed by atoms with Crippen LogP contribution in [0.1, 0.15) is 106 Å². The molecule has 1 aliphatic rings. The molecular weight excluding hydrogens is 642 g/mol. The van der Waals surface area contributed by atoms with Gasteiger partial charge in [0.15, 0.2) is 0 Å². The number of carbonyl (C=O) groups excluding carboxylic acids is 5. The maximum Gasteiger partial charge on any atom is 0.408 e. The van der Waals surface area contributed by atoms with Crippen molar-refractivity contribution in [2.45, 2.75) is 124 Å². The van der Waals surface area contributed by atoms with Crippen molar-refractivity contribution in [3.63, 3.8) is 0 Å². The molecule has 1 aromatic heterocycles. The molecular formula is C37H53N5O8. The van der Waals surface area contributed by atoms with Gasteiger partial charge in [-0.2, -0.15) is 0 Å². The second-order valence-electron chi connectivity index (χ2n) is 14.9. The van der Waals surface area contributed by atoms with Crippen molar-refractivity contribution in [1.82, 2.24) is 26.1 Å². The number of ether oxygens (including phenoxy) is 3. The Morgan fingerprint density at radius 2 is 1.66 bits per heavy atom. The molecule has 1 aromatic carbocycles. The fourth-order valence-corrected chi connectivity index (χ4v) is 5.18. The summed E-state index contributed by atoms with van der Waals surface area (Å²) >= 11 is 0. The normalized spacial score (nSPS) is 17.2. The summed E-state index contributed by atoms with van der Waals surface area (Å²) in [5.74, 6) is -2.06. The summed E-state index contributed by atoms with van der Waals surface area (Å²) in [5, 5.41) is 7.43. The molecule has 13 heteroatoms. The molecule has 1 saturated heterocycles. The van der Waals surface area contributed by atoms with Crippen LogP contribution in [0.2, 0.25) is 0 Å². The summed E-state index contributed by atoms with van der Waals surface area (Å²) < 4.78 is 16.4. The second-order valence-corrected chi connectivity index (χ2v) is 14.9. The van der Waals surface area contributed by atoms with E-state index in [1.54, 1.807) is 60.7 Å². The molecule has 0 aliphatic carbocycles. The number of esters is 2. The van der Waals surface area contributed by atoms with Crippen LogP contribution in [0.4, 0.5) is 4.79 Å². The standard InChI is InChI=1S/C37H53N5O8/c1-22(2)31(40-35(47)50-37(8,9)10)32(44)39-23(3)33(45)42-18-12-14-29(41-42)34(46)48-24(4)27-20-26-19-25(16-17-28(26)38-21-27)13-11-15-30(43)49-36(5,6)7/h11,13,16-17,19-24,29,31,41H,12,14-15,18H2,1-10H3,(H,39,44)(H,40,47)/b13-11+/t23?,24-,29+,31+/m1/s1. The number of benzene rings is 1. The third-order valence-electron chi connectivity index (χ3n) is 7.59. The van der Waals surface area contributed by atoms with Gasteiger partial charge < -0.3 is 24.8 Å². The molecule has 0 spiro atoms. The SMILES string of the molecule is CC(NC(=O)[C@@H](NC(=O)OC(C)(C)C)C(C)C)C(=O)N1CCC[C@@H](C(=O)O[C@H](C)c2cnc3ccc(/C=C/CC(=O)OC(C)(C)C)cc3c2)N1. The summed E-state index contributed by atoms with van der Waals surface area (Å²) in [4.78, 5) is 68.4. The predicted molar refractivity (Wildman–Crippen MR) is 189 cm³/mol. The number of nitrogens with zero attached hydrogens (tertiary/aromatic N) is 2. The first-order valence-corrected chi connectivity index (χ1v) is 17.1. The average molecular weight is 696 g/mol. The van der Waals surface area contributed by atoms with Gasteiger partial charge in [-0.3, -0.25) is 29.2 Å². The van der Waals surface area contributed by atoms with Gasteiger partial charge in [0.25, 0.3) is 5.91 Å². The number of pyridine rings is 1. The fourth-order valence-electron chi connectivity index (χ4n) is 5.18. The molecule has 3 rings (SSSR count). The van der Waals surface area contributed by atoms with Gasteiger partial charge in [-0.1, -0.05) is 32.1 Å². The van der Waals surface area contributed by atoms with E-state index in [2.05, 4.69) is 21.0 Å². The molecule has 1 fully saturated rings. The first-order chi connectivity index (χ1) is 23.2. The Balaban J connectivity index is 1.59. The highest BCUT2D eigenvalue weighted by Crippen LogP contribution is 2.24. The number of amides is 3. The van der Waals surface area contributed by atoms with Gasteiger partial charge >= 0.3 is 18.0 Å². The van der Waals surface area contributed by atoms with Crippen molar-refractivity contribution < 1.29 is 38.2 Å². The molecule has 274 valence electrons. The van der Waals surface area contributed by atoms with E-state index in [1.165, 1.54) is 5.01 Å². The van der Waals surface area contributed by atoms with Crippen LogP contribution in [-0.2, 0) is 33.4 Å². The van der Waals surface area contributed by atoms with Gasteiger partial charge in [0.2, 0.25) is 5.91 Å². The minimum atomic E-state index is -0.939. The molecule has 3 N–H and O–H groups in total. The van der Waals surface area contributed by atoms with Crippen molar-refractivity contribution in [3.8, 4) is 0 Å². The third kappa shape index (κ3) is 12.4. The number of fused-ring (bicyclic) bond motifs is 1. The van der Waals surface area contributed by atoms with E-state index in [4.69, 9.17) is 14.2 Å². The molecule has 3 amide bonds. The summed E-state index contributed by atoms with van der Waals surface area (Å²) in [7, 11) is 0. The molecule has 0 radical (unpaired) electrons. The van der Waals surface area contributed by atoms with Crippen molar-refractivity contribution in [3.05, 3.63) is 47.7 Å². The first-order valence-electron chi connectivity index (χ1n) is 17.1. The Labute approximate surface area is 294 Å². The van der Waals surface area contributed by atoms with Gasteiger partial charge in [-0.05, 0) is 97.9 Å². The van der Waals surface area contributed by atoms with E-state index in [0.717, 1.165) is 16.5 Å². The molecule has 4 atom stereocenters. The van der Waals surface area contributed by atoms with Crippen LogP contribution in [0.25, 0.3) is 17.0 Å². The fraction of sp³-hybridized carbons (Fsp3) is 0.568. The topological polar surface area (TPSA) is 165 Å². The van der Waals surface area contributed by atoms with Crippen molar-refractivity contribution >= 4 is 46.8 Å². The van der Waals surface area contributed by atoms with Crippen LogP contribution in [0.15, 0.2) is 36.5 Å². The van der Waals surface area contributed by atoms with Crippen LogP contribution in [0.3, 0.4) is 0 Å². The summed E-state index contributed by atoms with van der Waals surface area (Å²) in [5.41, 5.74) is 4.03. The van der Waals surface area contributed by atoms with Gasteiger partial charge in [-0.25, -0.2) is 10.2 Å². The van der Waals surface area contributed by atoms with Gasteiger partial charge in [0.1, 0.15) is 35.4 Å². The van der Waals surface area contributed by atoms with E-state index in [9.17, 15) is 24.0 Å². The number of aromatic nitrogens is 1. The summed E-state index contributed by atoms with van der Waals surface area (Å²) in [6, 6.07) is 5.00. The monoisotopic (exact) mass is 695 g/mol. The van der Waals surface area contributed by atoms with E-state index in [0.29, 0.717) is 24.9 Å². The number of hydrogen-bond donors (Lipinski definition) is 3. The quantitative estimate of drug-likeness (QED) is 0.212. The third-order valence-corrected chi connectivity index (χ3v) is 7.59. The zero-order valence-corrected chi connectivity index (χ0v) is 30.9. The van der Waals surface area contributed by atoms with E-state index in [-0.39, 0.29) is 18.3 Å². The highest BCUT2D eigenvalue weighted by atomic mass is 16.6. The minimum absolute atomic E-state index is 0.151. The zero-order valence-electron chi connectivity index (χ0n) is 30.9. The minimum Gasteiger partial charge on any atom is -0.460 e. The van der Waals surface area contributed by atoms with Crippen LogP contribution in [0, 0.1) is 5.92 Å².